The van der Waals surface area contributed by atoms with Crippen LogP contribution in [0.25, 0.3) is 10.9 Å². The zero-order chi connectivity index (χ0) is 14.9. The molecule has 4 nitrogen and oxygen atoms in total. The molecule has 3 rings (SSSR count). The Morgan fingerprint density at radius 3 is 2.76 bits per heavy atom. The number of aryl methyl sites for hydroxylation is 1. The molecule has 1 unspecified atom stereocenters. The van der Waals surface area contributed by atoms with E-state index >= 15 is 0 Å². The molecule has 3 N–H and O–H groups in total. The van der Waals surface area contributed by atoms with Gasteiger partial charge in [-0.05, 0) is 43.5 Å². The molecule has 2 heterocycles. The van der Waals surface area contributed by atoms with Crippen molar-refractivity contribution >= 4 is 10.9 Å². The van der Waals surface area contributed by atoms with Crippen molar-refractivity contribution in [3.8, 4) is 0 Å². The molecule has 1 aromatic heterocycles. The van der Waals surface area contributed by atoms with Crippen LogP contribution in [0.15, 0.2) is 30.3 Å². The minimum atomic E-state index is -0.558. The zero-order valence-corrected chi connectivity index (χ0v) is 12.4. The number of ether oxygens (including phenoxy) is 1. The number of aliphatic hydroxyl groups is 1. The van der Waals surface area contributed by atoms with Gasteiger partial charge in [0.1, 0.15) is 0 Å². The van der Waals surface area contributed by atoms with E-state index in [1.54, 1.807) is 0 Å². The fraction of sp³-hybridized carbons (Fsp3) is 0.471. The third-order valence-electron chi connectivity index (χ3n) is 4.64. The van der Waals surface area contributed by atoms with Crippen molar-refractivity contribution in [2.45, 2.75) is 25.9 Å². The van der Waals surface area contributed by atoms with E-state index in [4.69, 9.17) is 10.5 Å². The van der Waals surface area contributed by atoms with Gasteiger partial charge >= 0.3 is 0 Å². The third-order valence-corrected chi connectivity index (χ3v) is 4.64. The first kappa shape index (κ1) is 14.4. The predicted octanol–water partition coefficient (Wildman–Crippen LogP) is 2.33. The molecule has 0 spiro atoms. The highest BCUT2D eigenvalue weighted by molar-refractivity contribution is 5.79. The fourth-order valence-corrected chi connectivity index (χ4v) is 3.14. The molecular weight excluding hydrogens is 264 g/mol. The lowest BCUT2D eigenvalue weighted by Crippen LogP contribution is -2.41. The van der Waals surface area contributed by atoms with Crippen LogP contribution in [0.4, 0.5) is 0 Å². The maximum atomic E-state index is 10.9. The van der Waals surface area contributed by atoms with Crippen molar-refractivity contribution < 1.29 is 9.84 Å². The van der Waals surface area contributed by atoms with E-state index in [-0.39, 0.29) is 5.41 Å². The summed E-state index contributed by atoms with van der Waals surface area (Å²) >= 11 is 0. The fourth-order valence-electron chi connectivity index (χ4n) is 3.14. The van der Waals surface area contributed by atoms with Crippen molar-refractivity contribution in [3.63, 3.8) is 0 Å². The molecule has 1 aliphatic heterocycles. The Morgan fingerprint density at radius 1 is 1.29 bits per heavy atom. The Morgan fingerprint density at radius 2 is 2.05 bits per heavy atom. The van der Waals surface area contributed by atoms with Crippen LogP contribution in [0.1, 0.15) is 30.2 Å². The van der Waals surface area contributed by atoms with Crippen LogP contribution in [0, 0.1) is 12.3 Å². The highest BCUT2D eigenvalue weighted by Gasteiger charge is 2.39. The molecule has 1 fully saturated rings. The van der Waals surface area contributed by atoms with Crippen LogP contribution in [-0.2, 0) is 4.74 Å². The summed E-state index contributed by atoms with van der Waals surface area (Å²) < 4.78 is 5.42. The lowest BCUT2D eigenvalue weighted by atomic mass is 9.73. The van der Waals surface area contributed by atoms with E-state index in [1.165, 1.54) is 0 Å². The molecule has 112 valence electrons. The second kappa shape index (κ2) is 5.72. The Hall–Kier alpha value is -1.49. The van der Waals surface area contributed by atoms with Gasteiger partial charge in [-0.2, -0.15) is 0 Å². The number of benzene rings is 1. The van der Waals surface area contributed by atoms with Gasteiger partial charge in [-0.15, -0.1) is 0 Å². The van der Waals surface area contributed by atoms with Crippen molar-refractivity contribution in [2.24, 2.45) is 11.1 Å². The first-order valence-corrected chi connectivity index (χ1v) is 7.48. The number of aliphatic hydroxyl groups excluding tert-OH is 1. The van der Waals surface area contributed by atoms with E-state index in [0.29, 0.717) is 19.8 Å². The largest absolute Gasteiger partial charge is 0.388 e. The van der Waals surface area contributed by atoms with Gasteiger partial charge in [-0.25, -0.2) is 0 Å². The molecule has 21 heavy (non-hydrogen) atoms. The SMILES string of the molecule is Cc1ccc2cc(C(O)C3(CN)CCOCC3)ccc2n1. The number of hydrogen-bond donors (Lipinski definition) is 2. The average Bonchev–Trinajstić information content (AvgIpc) is 2.54. The monoisotopic (exact) mass is 286 g/mol. The Labute approximate surface area is 124 Å². The molecule has 0 bridgehead atoms. The molecule has 1 aliphatic rings. The van der Waals surface area contributed by atoms with Gasteiger partial charge in [0.15, 0.2) is 0 Å². The normalized spacial score (nSPS) is 19.6. The summed E-state index contributed by atoms with van der Waals surface area (Å²) in [6.07, 6.45) is 1.04. The van der Waals surface area contributed by atoms with Crippen molar-refractivity contribution in [1.29, 1.82) is 0 Å². The van der Waals surface area contributed by atoms with E-state index in [0.717, 1.165) is 35.0 Å². The summed E-state index contributed by atoms with van der Waals surface area (Å²) in [5.41, 5.74) is 8.58. The van der Waals surface area contributed by atoms with E-state index in [9.17, 15) is 5.11 Å². The smallest absolute Gasteiger partial charge is 0.0860 e. The van der Waals surface area contributed by atoms with E-state index in [1.807, 2.05) is 37.3 Å². The quantitative estimate of drug-likeness (QED) is 0.908. The van der Waals surface area contributed by atoms with Crippen molar-refractivity contribution in [3.05, 3.63) is 41.6 Å². The van der Waals surface area contributed by atoms with Gasteiger partial charge in [0.2, 0.25) is 0 Å². The molecule has 0 amide bonds. The molecule has 2 aromatic rings. The Bertz CT molecular complexity index is 636. The molecular formula is C17H22N2O2. The van der Waals surface area contributed by atoms with Crippen LogP contribution < -0.4 is 5.73 Å². The summed E-state index contributed by atoms with van der Waals surface area (Å²) in [7, 11) is 0. The highest BCUT2D eigenvalue weighted by Crippen LogP contribution is 2.42. The number of hydrogen-bond acceptors (Lipinski definition) is 4. The Balaban J connectivity index is 1.96. The molecule has 1 aromatic carbocycles. The van der Waals surface area contributed by atoms with Crippen LogP contribution in [0.5, 0.6) is 0 Å². The van der Waals surface area contributed by atoms with Crippen LogP contribution in [0.2, 0.25) is 0 Å². The summed E-state index contributed by atoms with van der Waals surface area (Å²) in [4.78, 5) is 4.50. The number of fused-ring (bicyclic) bond motifs is 1. The molecule has 4 heteroatoms. The van der Waals surface area contributed by atoms with E-state index in [2.05, 4.69) is 4.98 Å². The Kier molecular flexibility index (Phi) is 3.93. The zero-order valence-electron chi connectivity index (χ0n) is 12.4. The summed E-state index contributed by atoms with van der Waals surface area (Å²) in [5, 5.41) is 11.9. The topological polar surface area (TPSA) is 68.4 Å². The minimum absolute atomic E-state index is 0.274. The first-order valence-electron chi connectivity index (χ1n) is 7.48. The maximum absolute atomic E-state index is 10.9. The molecule has 0 aliphatic carbocycles. The standard InChI is InChI=1S/C17H22N2O2/c1-12-2-3-13-10-14(4-5-15(13)19-12)16(20)17(11-18)6-8-21-9-7-17/h2-5,10,16,20H,6-9,11,18H2,1H3. The van der Waals surface area contributed by atoms with Gasteiger partial charge in [0.25, 0.3) is 0 Å². The number of pyridine rings is 1. The molecule has 0 saturated carbocycles. The van der Waals surface area contributed by atoms with Gasteiger partial charge in [-0.1, -0.05) is 12.1 Å². The van der Waals surface area contributed by atoms with Gasteiger partial charge in [-0.3, -0.25) is 4.98 Å². The number of rotatable bonds is 3. The summed E-state index contributed by atoms with van der Waals surface area (Å²) in [5.74, 6) is 0. The maximum Gasteiger partial charge on any atom is 0.0860 e. The number of nitrogens with zero attached hydrogens (tertiary/aromatic N) is 1. The van der Waals surface area contributed by atoms with Crippen molar-refractivity contribution in [1.82, 2.24) is 4.98 Å². The van der Waals surface area contributed by atoms with Gasteiger partial charge in [0.05, 0.1) is 11.6 Å². The van der Waals surface area contributed by atoms with Crippen LogP contribution in [-0.4, -0.2) is 29.8 Å². The van der Waals surface area contributed by atoms with Gasteiger partial charge < -0.3 is 15.6 Å². The van der Waals surface area contributed by atoms with E-state index < -0.39 is 6.10 Å². The summed E-state index contributed by atoms with van der Waals surface area (Å²) in [6, 6.07) is 10.0. The highest BCUT2D eigenvalue weighted by atomic mass is 16.5. The summed E-state index contributed by atoms with van der Waals surface area (Å²) in [6.45, 7) is 3.79. The second-order valence-corrected chi connectivity index (χ2v) is 5.99. The first-order chi connectivity index (χ1) is 10.1. The van der Waals surface area contributed by atoms with Crippen LogP contribution in [0.3, 0.4) is 0 Å². The molecule has 1 saturated heterocycles. The number of nitrogens with two attached hydrogens (primary N) is 1. The average molecular weight is 286 g/mol. The van der Waals surface area contributed by atoms with Crippen LogP contribution >= 0.6 is 0 Å². The molecule has 0 radical (unpaired) electrons. The second-order valence-electron chi connectivity index (χ2n) is 5.99. The number of aromatic nitrogens is 1. The third kappa shape index (κ3) is 2.67. The predicted molar refractivity (Wildman–Crippen MR) is 83.0 cm³/mol. The lowest BCUT2D eigenvalue weighted by Gasteiger charge is -2.40. The van der Waals surface area contributed by atoms with Crippen molar-refractivity contribution in [2.75, 3.05) is 19.8 Å². The molecule has 1 atom stereocenters. The van der Waals surface area contributed by atoms with Gasteiger partial charge in [0, 0.05) is 36.3 Å². The minimum Gasteiger partial charge on any atom is -0.388 e. The lowest BCUT2D eigenvalue weighted by molar-refractivity contribution is -0.0581.